The fourth-order valence-electron chi connectivity index (χ4n) is 1.54. The first-order chi connectivity index (χ1) is 6.79. The largest absolute Gasteiger partial charge is 0.361 e. The highest BCUT2D eigenvalue weighted by molar-refractivity contribution is 5.94. The highest BCUT2D eigenvalue weighted by Crippen LogP contribution is 2.10. The van der Waals surface area contributed by atoms with Crippen LogP contribution in [0.2, 0.25) is 0 Å². The lowest BCUT2D eigenvalue weighted by molar-refractivity contribution is 0.0734. The van der Waals surface area contributed by atoms with Crippen LogP contribution in [0.3, 0.4) is 0 Å². The van der Waals surface area contributed by atoms with Crippen molar-refractivity contribution in [1.29, 1.82) is 0 Å². The molecule has 5 nitrogen and oxygen atoms in total. The number of hydrogen-bond acceptors (Lipinski definition) is 4. The Morgan fingerprint density at radius 3 is 2.86 bits per heavy atom. The Morgan fingerprint density at radius 1 is 1.57 bits per heavy atom. The highest BCUT2D eigenvalue weighted by atomic mass is 16.5. The predicted molar refractivity (Wildman–Crippen MR) is 50.0 cm³/mol. The molecule has 1 amide bonds. The van der Waals surface area contributed by atoms with Gasteiger partial charge >= 0.3 is 0 Å². The highest BCUT2D eigenvalue weighted by Gasteiger charge is 2.21. The second kappa shape index (κ2) is 3.79. The van der Waals surface area contributed by atoms with Crippen molar-refractivity contribution in [2.24, 2.45) is 0 Å². The van der Waals surface area contributed by atoms with E-state index in [2.05, 4.69) is 10.5 Å². The standard InChI is InChI=1S/C9H13N3O2/c1-7-8(6-11-14-7)9(13)12-4-2-10-3-5-12/h6,10H,2-5H2,1H3. The van der Waals surface area contributed by atoms with Gasteiger partial charge in [-0.25, -0.2) is 0 Å². The van der Waals surface area contributed by atoms with Crippen LogP contribution in [0.4, 0.5) is 0 Å². The summed E-state index contributed by atoms with van der Waals surface area (Å²) in [4.78, 5) is 13.7. The van der Waals surface area contributed by atoms with E-state index in [0.717, 1.165) is 26.2 Å². The molecule has 0 unspecified atom stereocenters. The minimum atomic E-state index is 0.0188. The van der Waals surface area contributed by atoms with Gasteiger partial charge in [0, 0.05) is 26.2 Å². The molecule has 0 aromatic carbocycles. The van der Waals surface area contributed by atoms with Crippen LogP contribution < -0.4 is 5.32 Å². The van der Waals surface area contributed by atoms with Gasteiger partial charge in [0.1, 0.15) is 11.3 Å². The molecule has 1 aliphatic rings. The number of nitrogens with zero attached hydrogens (tertiary/aromatic N) is 2. The van der Waals surface area contributed by atoms with E-state index >= 15 is 0 Å². The lowest BCUT2D eigenvalue weighted by atomic mass is 10.2. The topological polar surface area (TPSA) is 58.4 Å². The number of nitrogens with one attached hydrogen (secondary N) is 1. The first-order valence-corrected chi connectivity index (χ1v) is 4.70. The number of rotatable bonds is 1. The van der Waals surface area contributed by atoms with Gasteiger partial charge in [0.2, 0.25) is 0 Å². The first-order valence-electron chi connectivity index (χ1n) is 4.70. The minimum absolute atomic E-state index is 0.0188. The summed E-state index contributed by atoms with van der Waals surface area (Å²) < 4.78 is 4.86. The van der Waals surface area contributed by atoms with Crippen LogP contribution in [0.25, 0.3) is 0 Å². The summed E-state index contributed by atoms with van der Waals surface area (Å²) in [7, 11) is 0. The lowest BCUT2D eigenvalue weighted by Crippen LogP contribution is -2.46. The van der Waals surface area contributed by atoms with Crippen LogP contribution in [-0.2, 0) is 0 Å². The van der Waals surface area contributed by atoms with E-state index in [1.165, 1.54) is 6.20 Å². The van der Waals surface area contributed by atoms with E-state index in [1.54, 1.807) is 6.92 Å². The molecule has 2 heterocycles. The van der Waals surface area contributed by atoms with E-state index in [4.69, 9.17) is 4.52 Å². The Balaban J connectivity index is 2.11. The smallest absolute Gasteiger partial charge is 0.259 e. The molecule has 1 aromatic rings. The van der Waals surface area contributed by atoms with Crippen LogP contribution >= 0.6 is 0 Å². The third kappa shape index (κ3) is 1.63. The number of carbonyl (C=O) groups excluding carboxylic acids is 1. The van der Waals surface area contributed by atoms with Gasteiger partial charge in [0.05, 0.1) is 6.20 Å². The van der Waals surface area contributed by atoms with E-state index in [1.807, 2.05) is 4.90 Å². The predicted octanol–water partition coefficient (Wildman–Crippen LogP) is 0.0284. The molecule has 76 valence electrons. The van der Waals surface area contributed by atoms with Gasteiger partial charge in [0.25, 0.3) is 5.91 Å². The van der Waals surface area contributed by atoms with Crippen molar-refractivity contribution in [1.82, 2.24) is 15.4 Å². The number of hydrogen-bond donors (Lipinski definition) is 1. The quantitative estimate of drug-likeness (QED) is 0.686. The Morgan fingerprint density at radius 2 is 2.29 bits per heavy atom. The van der Waals surface area contributed by atoms with E-state index < -0.39 is 0 Å². The molecule has 0 spiro atoms. The van der Waals surface area contributed by atoms with Crippen molar-refractivity contribution in [2.75, 3.05) is 26.2 Å². The summed E-state index contributed by atoms with van der Waals surface area (Å²) in [5, 5.41) is 6.80. The Kier molecular flexibility index (Phi) is 2.49. The molecule has 0 bridgehead atoms. The van der Waals surface area contributed by atoms with Gasteiger partial charge < -0.3 is 14.7 Å². The zero-order valence-corrected chi connectivity index (χ0v) is 8.12. The molecule has 1 saturated heterocycles. The van der Waals surface area contributed by atoms with Crippen LogP contribution in [-0.4, -0.2) is 42.1 Å². The van der Waals surface area contributed by atoms with Crippen LogP contribution in [0.15, 0.2) is 10.7 Å². The Labute approximate surface area is 82.1 Å². The third-order valence-electron chi connectivity index (χ3n) is 2.39. The third-order valence-corrected chi connectivity index (χ3v) is 2.39. The van der Waals surface area contributed by atoms with Gasteiger partial charge in [-0.3, -0.25) is 4.79 Å². The summed E-state index contributed by atoms with van der Waals surface area (Å²) in [5.41, 5.74) is 0.576. The van der Waals surface area contributed by atoms with E-state index in [0.29, 0.717) is 11.3 Å². The fraction of sp³-hybridized carbons (Fsp3) is 0.556. The van der Waals surface area contributed by atoms with Gasteiger partial charge in [0.15, 0.2) is 0 Å². The molecular formula is C9H13N3O2. The maximum atomic E-state index is 11.9. The lowest BCUT2D eigenvalue weighted by Gasteiger charge is -2.26. The zero-order chi connectivity index (χ0) is 9.97. The van der Waals surface area contributed by atoms with Gasteiger partial charge in [-0.2, -0.15) is 0 Å². The zero-order valence-electron chi connectivity index (χ0n) is 8.12. The Bertz CT molecular complexity index is 329. The van der Waals surface area contributed by atoms with Crippen molar-refractivity contribution in [2.45, 2.75) is 6.92 Å². The van der Waals surface area contributed by atoms with Gasteiger partial charge in [-0.15, -0.1) is 0 Å². The van der Waals surface area contributed by atoms with Gasteiger partial charge in [-0.05, 0) is 6.92 Å². The molecule has 1 fully saturated rings. The summed E-state index contributed by atoms with van der Waals surface area (Å²) in [5.74, 6) is 0.610. The van der Waals surface area contributed by atoms with Crippen molar-refractivity contribution < 1.29 is 9.32 Å². The van der Waals surface area contributed by atoms with Crippen LogP contribution in [0.1, 0.15) is 16.1 Å². The maximum absolute atomic E-state index is 11.9. The minimum Gasteiger partial charge on any atom is -0.361 e. The second-order valence-electron chi connectivity index (χ2n) is 3.34. The van der Waals surface area contributed by atoms with Gasteiger partial charge in [-0.1, -0.05) is 5.16 Å². The molecule has 14 heavy (non-hydrogen) atoms. The first kappa shape index (κ1) is 9.21. The molecule has 0 saturated carbocycles. The molecule has 2 rings (SSSR count). The van der Waals surface area contributed by atoms with E-state index in [-0.39, 0.29) is 5.91 Å². The molecule has 0 aliphatic carbocycles. The molecule has 5 heteroatoms. The van der Waals surface area contributed by atoms with Crippen molar-refractivity contribution in [3.8, 4) is 0 Å². The Hall–Kier alpha value is -1.36. The second-order valence-corrected chi connectivity index (χ2v) is 3.34. The van der Waals surface area contributed by atoms with Crippen molar-refractivity contribution >= 4 is 5.91 Å². The van der Waals surface area contributed by atoms with Crippen molar-refractivity contribution in [3.05, 3.63) is 17.5 Å². The summed E-state index contributed by atoms with van der Waals surface area (Å²) in [6, 6.07) is 0. The maximum Gasteiger partial charge on any atom is 0.259 e. The van der Waals surface area contributed by atoms with Crippen LogP contribution in [0.5, 0.6) is 0 Å². The summed E-state index contributed by atoms with van der Waals surface area (Å²) in [6.07, 6.45) is 1.49. The average Bonchev–Trinajstić information content (AvgIpc) is 2.65. The SMILES string of the molecule is Cc1oncc1C(=O)N1CCNCC1. The molecule has 0 atom stereocenters. The number of piperazine rings is 1. The van der Waals surface area contributed by atoms with Crippen molar-refractivity contribution in [3.63, 3.8) is 0 Å². The number of aromatic nitrogens is 1. The summed E-state index contributed by atoms with van der Waals surface area (Å²) >= 11 is 0. The monoisotopic (exact) mass is 195 g/mol. The summed E-state index contributed by atoms with van der Waals surface area (Å²) in [6.45, 7) is 4.97. The normalized spacial score (nSPS) is 17.1. The van der Waals surface area contributed by atoms with E-state index in [9.17, 15) is 4.79 Å². The average molecular weight is 195 g/mol. The molecular weight excluding hydrogens is 182 g/mol. The molecule has 1 aliphatic heterocycles. The number of carbonyl (C=O) groups is 1. The molecule has 0 radical (unpaired) electrons. The molecule has 1 N–H and O–H groups in total. The molecule has 1 aromatic heterocycles. The number of amides is 1. The number of aryl methyl sites for hydroxylation is 1. The van der Waals surface area contributed by atoms with Crippen LogP contribution in [0, 0.1) is 6.92 Å². The fourth-order valence-corrected chi connectivity index (χ4v) is 1.54.